The highest BCUT2D eigenvalue weighted by Gasteiger charge is 2.27. The van der Waals surface area contributed by atoms with Crippen molar-refractivity contribution in [1.82, 2.24) is 15.1 Å². The number of amides is 1. The summed E-state index contributed by atoms with van der Waals surface area (Å²) in [6.45, 7) is 5.14. The standard InChI is InChI=1S/C13H25N3O.2ClH/c1-15-7-3-4-11(9-15)10-16(2)13(17)12-5-6-14-8-12;;/h11-12,14H,3-10H2,1-2H3;2*1H. The molecule has 1 amide bonds. The van der Waals surface area contributed by atoms with Crippen LogP contribution in [0.2, 0.25) is 0 Å². The number of nitrogens with zero attached hydrogens (tertiary/aromatic N) is 2. The molecular weight excluding hydrogens is 285 g/mol. The first-order chi connectivity index (χ1) is 8.16. The van der Waals surface area contributed by atoms with Crippen LogP contribution in [0.3, 0.4) is 0 Å². The number of carbonyl (C=O) groups excluding carboxylic acids is 1. The summed E-state index contributed by atoms with van der Waals surface area (Å²) in [4.78, 5) is 16.5. The van der Waals surface area contributed by atoms with Crippen molar-refractivity contribution in [2.45, 2.75) is 19.3 Å². The molecule has 6 heteroatoms. The Labute approximate surface area is 129 Å². The van der Waals surface area contributed by atoms with Crippen molar-refractivity contribution in [3.63, 3.8) is 0 Å². The van der Waals surface area contributed by atoms with Gasteiger partial charge in [0.25, 0.3) is 0 Å². The first kappa shape index (κ1) is 19.0. The Morgan fingerprint density at radius 2 is 2.11 bits per heavy atom. The molecule has 4 nitrogen and oxygen atoms in total. The van der Waals surface area contributed by atoms with Gasteiger partial charge in [-0.25, -0.2) is 0 Å². The first-order valence-electron chi connectivity index (χ1n) is 6.81. The van der Waals surface area contributed by atoms with E-state index in [9.17, 15) is 4.79 Å². The number of hydrogen-bond acceptors (Lipinski definition) is 3. The third-order valence-corrected chi connectivity index (χ3v) is 4.04. The summed E-state index contributed by atoms with van der Waals surface area (Å²) in [7, 11) is 4.14. The van der Waals surface area contributed by atoms with E-state index in [2.05, 4.69) is 17.3 Å². The maximum Gasteiger partial charge on any atom is 0.226 e. The number of halogens is 2. The molecule has 0 aliphatic carbocycles. The Hall–Kier alpha value is -0.0300. The lowest BCUT2D eigenvalue weighted by Crippen LogP contribution is -2.42. The van der Waals surface area contributed by atoms with Gasteiger partial charge < -0.3 is 15.1 Å². The van der Waals surface area contributed by atoms with Gasteiger partial charge >= 0.3 is 0 Å². The Kier molecular flexibility index (Phi) is 8.99. The van der Waals surface area contributed by atoms with E-state index in [0.717, 1.165) is 32.6 Å². The Bertz CT molecular complexity index is 273. The quantitative estimate of drug-likeness (QED) is 0.852. The van der Waals surface area contributed by atoms with Crippen molar-refractivity contribution < 1.29 is 4.79 Å². The summed E-state index contributed by atoms with van der Waals surface area (Å²) in [5, 5.41) is 3.26. The van der Waals surface area contributed by atoms with Gasteiger partial charge in [0, 0.05) is 26.7 Å². The second-order valence-corrected chi connectivity index (χ2v) is 5.68. The minimum Gasteiger partial charge on any atom is -0.345 e. The average molecular weight is 312 g/mol. The smallest absolute Gasteiger partial charge is 0.226 e. The van der Waals surface area contributed by atoms with Gasteiger partial charge in [-0.3, -0.25) is 4.79 Å². The molecule has 2 unspecified atom stereocenters. The fraction of sp³-hybridized carbons (Fsp3) is 0.923. The van der Waals surface area contributed by atoms with E-state index in [1.165, 1.54) is 19.4 Å². The molecule has 19 heavy (non-hydrogen) atoms. The predicted molar refractivity (Wildman–Crippen MR) is 83.3 cm³/mol. The van der Waals surface area contributed by atoms with Gasteiger partial charge in [0.1, 0.15) is 0 Å². The van der Waals surface area contributed by atoms with Crippen LogP contribution in [0.1, 0.15) is 19.3 Å². The van der Waals surface area contributed by atoms with E-state index < -0.39 is 0 Å². The normalized spacial score (nSPS) is 27.3. The molecule has 2 aliphatic heterocycles. The van der Waals surface area contributed by atoms with Gasteiger partial charge in [0.2, 0.25) is 5.91 Å². The van der Waals surface area contributed by atoms with Crippen LogP contribution in [0.25, 0.3) is 0 Å². The predicted octanol–water partition coefficient (Wildman–Crippen LogP) is 1.24. The summed E-state index contributed by atoms with van der Waals surface area (Å²) < 4.78 is 0. The monoisotopic (exact) mass is 311 g/mol. The molecule has 2 atom stereocenters. The highest BCUT2D eigenvalue weighted by molar-refractivity contribution is 5.85. The summed E-state index contributed by atoms with van der Waals surface area (Å²) >= 11 is 0. The van der Waals surface area contributed by atoms with E-state index in [1.807, 2.05) is 11.9 Å². The molecule has 0 aromatic heterocycles. The van der Waals surface area contributed by atoms with E-state index >= 15 is 0 Å². The lowest BCUT2D eigenvalue weighted by Gasteiger charge is -2.33. The molecule has 2 rings (SSSR count). The molecule has 2 aliphatic rings. The van der Waals surface area contributed by atoms with Gasteiger partial charge in [-0.1, -0.05) is 0 Å². The Balaban J connectivity index is 0.00000162. The number of carbonyl (C=O) groups is 1. The molecule has 114 valence electrons. The molecule has 2 saturated heterocycles. The molecular formula is C13H27Cl2N3O. The van der Waals surface area contributed by atoms with Crippen molar-refractivity contribution in [2.75, 3.05) is 46.8 Å². The third kappa shape index (κ3) is 5.46. The minimum absolute atomic E-state index is 0. The van der Waals surface area contributed by atoms with Crippen LogP contribution in [-0.4, -0.2) is 62.5 Å². The maximum atomic E-state index is 12.2. The molecule has 2 fully saturated rings. The van der Waals surface area contributed by atoms with Gasteiger partial charge in [0.05, 0.1) is 5.92 Å². The molecule has 1 N–H and O–H groups in total. The number of hydrogen-bond donors (Lipinski definition) is 1. The molecule has 0 aromatic carbocycles. The maximum absolute atomic E-state index is 12.2. The SMILES string of the molecule is CN1CCCC(CN(C)C(=O)C2CCNC2)C1.Cl.Cl. The lowest BCUT2D eigenvalue weighted by atomic mass is 9.97. The van der Waals surface area contributed by atoms with Crippen LogP contribution in [0.5, 0.6) is 0 Å². The van der Waals surface area contributed by atoms with Gasteiger partial charge in [-0.05, 0) is 45.3 Å². The van der Waals surface area contributed by atoms with E-state index in [0.29, 0.717) is 11.8 Å². The zero-order valence-electron chi connectivity index (χ0n) is 11.9. The van der Waals surface area contributed by atoms with Gasteiger partial charge in [-0.15, -0.1) is 24.8 Å². The average Bonchev–Trinajstić information content (AvgIpc) is 2.81. The fourth-order valence-corrected chi connectivity index (χ4v) is 3.08. The third-order valence-electron chi connectivity index (χ3n) is 4.04. The lowest BCUT2D eigenvalue weighted by molar-refractivity contribution is -0.134. The van der Waals surface area contributed by atoms with Crippen LogP contribution in [0, 0.1) is 11.8 Å². The molecule has 0 aromatic rings. The molecule has 0 bridgehead atoms. The van der Waals surface area contributed by atoms with Crippen molar-refractivity contribution in [2.24, 2.45) is 11.8 Å². The second kappa shape index (κ2) is 9.01. The summed E-state index contributed by atoms with van der Waals surface area (Å²) in [5.74, 6) is 1.22. The number of rotatable bonds is 3. The van der Waals surface area contributed by atoms with E-state index in [4.69, 9.17) is 0 Å². The number of piperidine rings is 1. The first-order valence-corrected chi connectivity index (χ1v) is 6.81. The molecule has 0 spiro atoms. The summed E-state index contributed by atoms with van der Waals surface area (Å²) in [6.07, 6.45) is 3.55. The topological polar surface area (TPSA) is 35.6 Å². The van der Waals surface area contributed by atoms with Crippen molar-refractivity contribution in [3.8, 4) is 0 Å². The second-order valence-electron chi connectivity index (χ2n) is 5.68. The Morgan fingerprint density at radius 1 is 1.37 bits per heavy atom. The summed E-state index contributed by atoms with van der Waals surface area (Å²) in [5.41, 5.74) is 0. The highest BCUT2D eigenvalue weighted by atomic mass is 35.5. The zero-order chi connectivity index (χ0) is 12.3. The highest BCUT2D eigenvalue weighted by Crippen LogP contribution is 2.18. The van der Waals surface area contributed by atoms with Crippen LogP contribution >= 0.6 is 24.8 Å². The summed E-state index contributed by atoms with van der Waals surface area (Å²) in [6, 6.07) is 0. The Morgan fingerprint density at radius 3 is 2.68 bits per heavy atom. The number of likely N-dealkylation sites (tertiary alicyclic amines) is 1. The van der Waals surface area contributed by atoms with Crippen LogP contribution in [0.15, 0.2) is 0 Å². The van der Waals surface area contributed by atoms with Crippen LogP contribution in [-0.2, 0) is 4.79 Å². The van der Waals surface area contributed by atoms with E-state index in [-0.39, 0.29) is 30.7 Å². The molecule has 2 heterocycles. The van der Waals surface area contributed by atoms with Crippen molar-refractivity contribution in [1.29, 1.82) is 0 Å². The van der Waals surface area contributed by atoms with Crippen LogP contribution < -0.4 is 5.32 Å². The molecule has 0 saturated carbocycles. The largest absolute Gasteiger partial charge is 0.345 e. The van der Waals surface area contributed by atoms with E-state index in [1.54, 1.807) is 0 Å². The minimum atomic E-state index is 0. The number of nitrogens with one attached hydrogen (secondary N) is 1. The van der Waals surface area contributed by atoms with Gasteiger partial charge in [0.15, 0.2) is 0 Å². The van der Waals surface area contributed by atoms with Crippen LogP contribution in [0.4, 0.5) is 0 Å². The van der Waals surface area contributed by atoms with Crippen molar-refractivity contribution >= 4 is 30.7 Å². The molecule has 0 radical (unpaired) electrons. The van der Waals surface area contributed by atoms with Crippen molar-refractivity contribution in [3.05, 3.63) is 0 Å². The zero-order valence-corrected chi connectivity index (χ0v) is 13.6. The fourth-order valence-electron chi connectivity index (χ4n) is 3.08. The van der Waals surface area contributed by atoms with Gasteiger partial charge in [-0.2, -0.15) is 0 Å².